The van der Waals surface area contributed by atoms with Crippen molar-refractivity contribution in [1.29, 1.82) is 0 Å². The summed E-state index contributed by atoms with van der Waals surface area (Å²) in [6.45, 7) is 1.64. The van der Waals surface area contributed by atoms with E-state index in [9.17, 15) is 4.79 Å². The van der Waals surface area contributed by atoms with Gasteiger partial charge >= 0.3 is 0 Å². The predicted octanol–water partition coefficient (Wildman–Crippen LogP) is 3.24. The van der Waals surface area contributed by atoms with Gasteiger partial charge in [-0.2, -0.15) is 0 Å². The van der Waals surface area contributed by atoms with Gasteiger partial charge in [-0.05, 0) is 50.0 Å². The van der Waals surface area contributed by atoms with Crippen molar-refractivity contribution in [3.05, 3.63) is 33.8 Å². The molecule has 0 bridgehead atoms. The van der Waals surface area contributed by atoms with Crippen LogP contribution in [0.15, 0.2) is 18.2 Å². The molecule has 3 nitrogen and oxygen atoms in total. The molecule has 0 spiro atoms. The van der Waals surface area contributed by atoms with Crippen molar-refractivity contribution >= 4 is 41.5 Å². The molecule has 2 N–H and O–H groups in total. The van der Waals surface area contributed by atoms with Crippen molar-refractivity contribution in [2.75, 3.05) is 20.1 Å². The average molecular weight is 338 g/mol. The molecular formula is C14H19Cl3N2O. The molecule has 2 unspecified atom stereocenters. The molecular weight excluding hydrogens is 319 g/mol. The van der Waals surface area contributed by atoms with Crippen molar-refractivity contribution < 1.29 is 4.79 Å². The Bertz CT molecular complexity index is 468. The molecule has 6 heteroatoms. The van der Waals surface area contributed by atoms with Crippen LogP contribution in [0.3, 0.4) is 0 Å². The van der Waals surface area contributed by atoms with Crippen molar-refractivity contribution in [3.8, 4) is 0 Å². The second-order valence-corrected chi connectivity index (χ2v) is 5.68. The Morgan fingerprint density at radius 2 is 2.05 bits per heavy atom. The smallest absolute Gasteiger partial charge is 0.223 e. The zero-order chi connectivity index (χ0) is 13.8. The summed E-state index contributed by atoms with van der Waals surface area (Å²) in [6, 6.07) is 5.61. The van der Waals surface area contributed by atoms with Crippen LogP contribution in [0.2, 0.25) is 10.0 Å². The number of amides is 1. The summed E-state index contributed by atoms with van der Waals surface area (Å²) >= 11 is 11.9. The van der Waals surface area contributed by atoms with E-state index in [-0.39, 0.29) is 24.2 Å². The molecule has 1 aromatic carbocycles. The van der Waals surface area contributed by atoms with Crippen LogP contribution in [0.5, 0.6) is 0 Å². The van der Waals surface area contributed by atoms with Gasteiger partial charge in [-0.25, -0.2) is 0 Å². The Labute approximate surface area is 135 Å². The molecule has 0 aliphatic heterocycles. The minimum absolute atomic E-state index is 0. The second-order valence-electron chi connectivity index (χ2n) is 4.87. The highest BCUT2D eigenvalue weighted by molar-refractivity contribution is 6.42. The van der Waals surface area contributed by atoms with E-state index in [0.29, 0.717) is 16.0 Å². The highest BCUT2D eigenvalue weighted by Crippen LogP contribution is 2.48. The molecule has 20 heavy (non-hydrogen) atoms. The molecule has 1 aliphatic rings. The maximum atomic E-state index is 11.9. The van der Waals surface area contributed by atoms with E-state index in [1.807, 2.05) is 19.2 Å². The average Bonchev–Trinajstić information content (AvgIpc) is 3.18. The summed E-state index contributed by atoms with van der Waals surface area (Å²) in [5.41, 5.74) is 1.10. The third-order valence-electron chi connectivity index (χ3n) is 3.40. The van der Waals surface area contributed by atoms with E-state index in [0.717, 1.165) is 31.5 Å². The molecule has 2 rings (SSSR count). The molecule has 1 aliphatic carbocycles. The van der Waals surface area contributed by atoms with E-state index in [2.05, 4.69) is 10.6 Å². The lowest BCUT2D eigenvalue weighted by atomic mass is 10.1. The first-order chi connectivity index (χ1) is 9.13. The maximum Gasteiger partial charge on any atom is 0.223 e. The van der Waals surface area contributed by atoms with E-state index < -0.39 is 0 Å². The fourth-order valence-electron chi connectivity index (χ4n) is 2.20. The Balaban J connectivity index is 0.00000200. The first kappa shape index (κ1) is 17.6. The molecule has 1 fully saturated rings. The Kier molecular flexibility index (Phi) is 7.10. The Hall–Kier alpha value is -0.480. The Morgan fingerprint density at radius 3 is 2.70 bits per heavy atom. The van der Waals surface area contributed by atoms with Crippen molar-refractivity contribution in [2.45, 2.75) is 18.8 Å². The number of hydrogen-bond acceptors (Lipinski definition) is 2. The van der Waals surface area contributed by atoms with Gasteiger partial charge in [0.2, 0.25) is 5.91 Å². The number of carbonyl (C=O) groups is 1. The molecule has 1 aromatic rings. The minimum atomic E-state index is 0. The summed E-state index contributed by atoms with van der Waals surface area (Å²) in [7, 11) is 1.91. The zero-order valence-electron chi connectivity index (χ0n) is 11.3. The van der Waals surface area contributed by atoms with Crippen LogP contribution in [0.25, 0.3) is 0 Å². The number of rotatable bonds is 6. The Morgan fingerprint density at radius 1 is 1.30 bits per heavy atom. The van der Waals surface area contributed by atoms with Crippen LogP contribution < -0.4 is 10.6 Å². The highest BCUT2D eigenvalue weighted by Gasteiger charge is 2.43. The number of nitrogens with one attached hydrogen (secondary N) is 2. The SMILES string of the molecule is CNCCCNC(=O)C1CC1c1ccc(Cl)c(Cl)c1.Cl. The van der Waals surface area contributed by atoms with Gasteiger partial charge in [0.25, 0.3) is 0 Å². The fraction of sp³-hybridized carbons (Fsp3) is 0.500. The summed E-state index contributed by atoms with van der Waals surface area (Å²) in [4.78, 5) is 11.9. The standard InChI is InChI=1S/C14H18Cl2N2O.ClH/c1-17-5-2-6-18-14(19)11-8-10(11)9-3-4-12(15)13(16)7-9;/h3-4,7,10-11,17H,2,5-6,8H2,1H3,(H,18,19);1H. The molecule has 0 radical (unpaired) electrons. The second kappa shape index (κ2) is 8.08. The summed E-state index contributed by atoms with van der Waals surface area (Å²) in [5.74, 6) is 0.526. The number of benzene rings is 1. The zero-order valence-corrected chi connectivity index (χ0v) is 13.6. The lowest BCUT2D eigenvalue weighted by molar-refractivity contribution is -0.122. The van der Waals surface area contributed by atoms with Crippen LogP contribution in [0, 0.1) is 5.92 Å². The minimum Gasteiger partial charge on any atom is -0.356 e. The van der Waals surface area contributed by atoms with Crippen molar-refractivity contribution in [3.63, 3.8) is 0 Å². The summed E-state index contributed by atoms with van der Waals surface area (Å²) < 4.78 is 0. The third kappa shape index (κ3) is 4.52. The van der Waals surface area contributed by atoms with Crippen LogP contribution in [-0.4, -0.2) is 26.0 Å². The highest BCUT2D eigenvalue weighted by atomic mass is 35.5. The number of halogens is 3. The van der Waals surface area contributed by atoms with E-state index in [1.165, 1.54) is 0 Å². The largest absolute Gasteiger partial charge is 0.356 e. The summed E-state index contributed by atoms with van der Waals surface area (Å²) in [5, 5.41) is 7.13. The number of hydrogen-bond donors (Lipinski definition) is 2. The van der Waals surface area contributed by atoms with Gasteiger partial charge in [0.15, 0.2) is 0 Å². The molecule has 112 valence electrons. The lowest BCUT2D eigenvalue weighted by Crippen LogP contribution is -2.28. The van der Waals surface area contributed by atoms with Gasteiger partial charge in [0.05, 0.1) is 10.0 Å². The van der Waals surface area contributed by atoms with Crippen LogP contribution in [0.1, 0.15) is 24.3 Å². The molecule has 0 aromatic heterocycles. The molecule has 0 heterocycles. The van der Waals surface area contributed by atoms with Crippen LogP contribution >= 0.6 is 35.6 Å². The van der Waals surface area contributed by atoms with Crippen LogP contribution in [0.4, 0.5) is 0 Å². The predicted molar refractivity (Wildman–Crippen MR) is 86.1 cm³/mol. The maximum absolute atomic E-state index is 11.9. The van der Waals surface area contributed by atoms with E-state index in [4.69, 9.17) is 23.2 Å². The van der Waals surface area contributed by atoms with Gasteiger partial charge < -0.3 is 10.6 Å². The fourth-order valence-corrected chi connectivity index (χ4v) is 2.51. The quantitative estimate of drug-likeness (QED) is 0.782. The van der Waals surface area contributed by atoms with Crippen LogP contribution in [-0.2, 0) is 4.79 Å². The lowest BCUT2D eigenvalue weighted by Gasteiger charge is -2.05. The molecule has 1 saturated carbocycles. The van der Waals surface area contributed by atoms with Gasteiger partial charge in [-0.15, -0.1) is 12.4 Å². The van der Waals surface area contributed by atoms with Gasteiger partial charge in [0, 0.05) is 12.5 Å². The molecule has 2 atom stereocenters. The van der Waals surface area contributed by atoms with Gasteiger partial charge in [0.1, 0.15) is 0 Å². The summed E-state index contributed by atoms with van der Waals surface area (Å²) in [6.07, 6.45) is 1.85. The first-order valence-electron chi connectivity index (χ1n) is 6.50. The van der Waals surface area contributed by atoms with Crippen molar-refractivity contribution in [1.82, 2.24) is 10.6 Å². The van der Waals surface area contributed by atoms with Crippen molar-refractivity contribution in [2.24, 2.45) is 5.92 Å². The topological polar surface area (TPSA) is 41.1 Å². The number of carbonyl (C=O) groups excluding carboxylic acids is 1. The van der Waals surface area contributed by atoms with Gasteiger partial charge in [-0.3, -0.25) is 4.79 Å². The van der Waals surface area contributed by atoms with E-state index >= 15 is 0 Å². The third-order valence-corrected chi connectivity index (χ3v) is 4.14. The van der Waals surface area contributed by atoms with E-state index in [1.54, 1.807) is 6.07 Å². The van der Waals surface area contributed by atoms with Gasteiger partial charge in [-0.1, -0.05) is 29.3 Å². The normalized spacial score (nSPS) is 20.1. The molecule has 0 saturated heterocycles. The molecule has 1 amide bonds. The monoisotopic (exact) mass is 336 g/mol. The first-order valence-corrected chi connectivity index (χ1v) is 7.26.